The van der Waals surface area contributed by atoms with Crippen LogP contribution in [0, 0.1) is 17.1 Å². The van der Waals surface area contributed by atoms with E-state index in [0.717, 1.165) is 11.1 Å². The number of carbonyl (C=O) groups excluding carboxylic acids is 1. The Balaban J connectivity index is 0.00000264. The molecule has 6 heteroatoms. The van der Waals surface area contributed by atoms with Gasteiger partial charge in [0.05, 0.1) is 12.7 Å². The highest BCUT2D eigenvalue weighted by molar-refractivity contribution is 5.85. The first-order valence-corrected chi connectivity index (χ1v) is 6.67. The van der Waals surface area contributed by atoms with Gasteiger partial charge in [0.15, 0.2) is 0 Å². The van der Waals surface area contributed by atoms with Crippen LogP contribution in [-0.2, 0) is 16.0 Å². The summed E-state index contributed by atoms with van der Waals surface area (Å²) in [4.78, 5) is 11.3. The molecule has 4 nitrogen and oxygen atoms in total. The van der Waals surface area contributed by atoms with Crippen LogP contribution in [0.5, 0.6) is 0 Å². The second-order valence-electron chi connectivity index (χ2n) is 4.84. The maximum atomic E-state index is 13.6. The molecule has 0 aliphatic heterocycles. The van der Waals surface area contributed by atoms with Crippen LogP contribution in [0.15, 0.2) is 42.5 Å². The number of methoxy groups -OCH3 is 1. The van der Waals surface area contributed by atoms with E-state index in [9.17, 15) is 9.18 Å². The molecule has 0 fully saturated rings. The van der Waals surface area contributed by atoms with Gasteiger partial charge in [-0.2, -0.15) is 5.26 Å². The lowest BCUT2D eigenvalue weighted by atomic mass is 10.00. The van der Waals surface area contributed by atoms with E-state index < -0.39 is 17.8 Å². The maximum absolute atomic E-state index is 13.6. The van der Waals surface area contributed by atoms with Gasteiger partial charge in [-0.15, -0.1) is 12.4 Å². The lowest BCUT2D eigenvalue weighted by Crippen LogP contribution is -2.33. The van der Waals surface area contributed by atoms with Crippen LogP contribution in [0.1, 0.15) is 11.1 Å². The normalized spacial score (nSPS) is 11.0. The molecule has 1 unspecified atom stereocenters. The van der Waals surface area contributed by atoms with Crippen molar-refractivity contribution < 1.29 is 13.9 Å². The van der Waals surface area contributed by atoms with Crippen LogP contribution in [0.2, 0.25) is 0 Å². The summed E-state index contributed by atoms with van der Waals surface area (Å²) in [6.07, 6.45) is 0.370. The van der Waals surface area contributed by atoms with Crippen molar-refractivity contribution >= 4 is 18.4 Å². The Hall–Kier alpha value is -2.42. The number of esters is 1. The van der Waals surface area contributed by atoms with E-state index in [-0.39, 0.29) is 18.0 Å². The van der Waals surface area contributed by atoms with Crippen molar-refractivity contribution in [3.63, 3.8) is 0 Å². The minimum absolute atomic E-state index is 0. The third-order valence-corrected chi connectivity index (χ3v) is 3.34. The summed E-state index contributed by atoms with van der Waals surface area (Å²) < 4.78 is 18.2. The monoisotopic (exact) mass is 334 g/mol. The molecule has 2 rings (SSSR count). The fourth-order valence-electron chi connectivity index (χ4n) is 2.11. The van der Waals surface area contributed by atoms with Crippen molar-refractivity contribution in [3.8, 4) is 17.2 Å². The van der Waals surface area contributed by atoms with Gasteiger partial charge in [0.1, 0.15) is 17.9 Å². The number of nitriles is 1. The second-order valence-corrected chi connectivity index (χ2v) is 4.84. The number of benzene rings is 2. The predicted molar refractivity (Wildman–Crippen MR) is 87.5 cm³/mol. The molecule has 2 N–H and O–H groups in total. The van der Waals surface area contributed by atoms with E-state index in [1.165, 1.54) is 19.2 Å². The molecule has 0 saturated heterocycles. The van der Waals surface area contributed by atoms with E-state index >= 15 is 0 Å². The van der Waals surface area contributed by atoms with Gasteiger partial charge in [-0.1, -0.05) is 30.3 Å². The van der Waals surface area contributed by atoms with Gasteiger partial charge in [-0.05, 0) is 35.2 Å². The predicted octanol–water partition coefficient (Wildman–Crippen LogP) is 2.83. The Kier molecular flexibility index (Phi) is 6.70. The number of nitrogens with two attached hydrogens (primary N) is 1. The Morgan fingerprint density at radius 1 is 1.26 bits per heavy atom. The molecule has 120 valence electrons. The highest BCUT2D eigenvalue weighted by Crippen LogP contribution is 2.22. The van der Waals surface area contributed by atoms with Gasteiger partial charge in [-0.25, -0.2) is 4.39 Å². The second kappa shape index (κ2) is 8.28. The van der Waals surface area contributed by atoms with E-state index in [0.29, 0.717) is 12.0 Å². The lowest BCUT2D eigenvalue weighted by Gasteiger charge is -2.10. The highest BCUT2D eigenvalue weighted by atomic mass is 35.5. The first-order valence-electron chi connectivity index (χ1n) is 6.67. The smallest absolute Gasteiger partial charge is 0.322 e. The summed E-state index contributed by atoms with van der Waals surface area (Å²) >= 11 is 0. The fourth-order valence-corrected chi connectivity index (χ4v) is 2.11. The van der Waals surface area contributed by atoms with Crippen molar-refractivity contribution in [1.29, 1.82) is 5.26 Å². The number of hydrogen-bond acceptors (Lipinski definition) is 4. The molecule has 0 heterocycles. The van der Waals surface area contributed by atoms with Crippen molar-refractivity contribution in [1.82, 2.24) is 0 Å². The zero-order valence-corrected chi connectivity index (χ0v) is 13.3. The number of carbonyl (C=O) groups is 1. The van der Waals surface area contributed by atoms with Gasteiger partial charge in [0.2, 0.25) is 0 Å². The largest absolute Gasteiger partial charge is 0.468 e. The molecule has 2 aromatic rings. The number of halogens is 2. The van der Waals surface area contributed by atoms with E-state index in [4.69, 9.17) is 11.0 Å². The fraction of sp³-hybridized carbons (Fsp3) is 0.176. The minimum Gasteiger partial charge on any atom is -0.468 e. The Morgan fingerprint density at radius 3 is 2.39 bits per heavy atom. The van der Waals surface area contributed by atoms with Gasteiger partial charge in [0, 0.05) is 0 Å². The van der Waals surface area contributed by atoms with Crippen LogP contribution in [-0.4, -0.2) is 19.1 Å². The summed E-state index contributed by atoms with van der Waals surface area (Å²) in [6.45, 7) is 0. The maximum Gasteiger partial charge on any atom is 0.322 e. The first kappa shape index (κ1) is 18.6. The third kappa shape index (κ3) is 4.52. The summed E-state index contributed by atoms with van der Waals surface area (Å²) in [5, 5.41) is 8.73. The molecule has 2 aromatic carbocycles. The quantitative estimate of drug-likeness (QED) is 0.872. The van der Waals surface area contributed by atoms with Crippen molar-refractivity contribution in [2.75, 3.05) is 7.11 Å². The van der Waals surface area contributed by atoms with Crippen LogP contribution in [0.4, 0.5) is 4.39 Å². The molecule has 0 bridgehead atoms. The number of nitrogens with zero attached hydrogens (tertiary/aromatic N) is 1. The third-order valence-electron chi connectivity index (χ3n) is 3.34. The van der Waals surface area contributed by atoms with E-state index in [2.05, 4.69) is 4.74 Å². The molecule has 0 aliphatic carbocycles. The first-order chi connectivity index (χ1) is 10.5. The van der Waals surface area contributed by atoms with Gasteiger partial charge < -0.3 is 10.5 Å². The zero-order valence-electron chi connectivity index (χ0n) is 12.5. The Bertz CT molecular complexity index is 726. The Labute approximate surface area is 140 Å². The minimum atomic E-state index is -0.705. The van der Waals surface area contributed by atoms with Gasteiger partial charge in [-0.3, -0.25) is 4.79 Å². The zero-order chi connectivity index (χ0) is 16.1. The molecule has 0 aromatic heterocycles. The Morgan fingerprint density at radius 2 is 1.87 bits per heavy atom. The van der Waals surface area contributed by atoms with Crippen molar-refractivity contribution in [2.45, 2.75) is 12.5 Å². The van der Waals surface area contributed by atoms with Crippen LogP contribution < -0.4 is 5.73 Å². The van der Waals surface area contributed by atoms with E-state index in [1.807, 2.05) is 24.3 Å². The van der Waals surface area contributed by atoms with Gasteiger partial charge in [0.25, 0.3) is 0 Å². The molecule has 0 amide bonds. The van der Waals surface area contributed by atoms with Crippen molar-refractivity contribution in [2.24, 2.45) is 5.73 Å². The number of rotatable bonds is 4. The molecule has 0 radical (unpaired) electrons. The molecule has 0 aliphatic rings. The lowest BCUT2D eigenvalue weighted by molar-refractivity contribution is -0.142. The molecular formula is C17H16ClFN2O2. The topological polar surface area (TPSA) is 76.1 Å². The van der Waals surface area contributed by atoms with Crippen LogP contribution >= 0.6 is 12.4 Å². The summed E-state index contributed by atoms with van der Waals surface area (Å²) in [5.74, 6) is -1.00. The average Bonchev–Trinajstić information content (AvgIpc) is 2.54. The highest BCUT2D eigenvalue weighted by Gasteiger charge is 2.14. The average molecular weight is 335 g/mol. The van der Waals surface area contributed by atoms with Crippen molar-refractivity contribution in [3.05, 3.63) is 59.4 Å². The molecule has 1 atom stereocenters. The number of hydrogen-bond donors (Lipinski definition) is 1. The number of ether oxygens (including phenoxy) is 1. The van der Waals surface area contributed by atoms with Gasteiger partial charge >= 0.3 is 5.97 Å². The molecule has 0 saturated carbocycles. The SMILES string of the molecule is COC(=O)C(N)Cc1ccc(-c2ccc(C#N)c(F)c2)cc1.Cl. The van der Waals surface area contributed by atoms with E-state index in [1.54, 1.807) is 12.1 Å². The van der Waals surface area contributed by atoms with Crippen LogP contribution in [0.25, 0.3) is 11.1 Å². The van der Waals surface area contributed by atoms with Crippen LogP contribution in [0.3, 0.4) is 0 Å². The summed E-state index contributed by atoms with van der Waals surface area (Å²) in [6, 6.07) is 12.8. The molecular weight excluding hydrogens is 319 g/mol. The molecule has 0 spiro atoms. The molecule has 23 heavy (non-hydrogen) atoms. The summed E-state index contributed by atoms with van der Waals surface area (Å²) in [7, 11) is 1.30. The summed E-state index contributed by atoms with van der Waals surface area (Å²) in [5.41, 5.74) is 8.11. The standard InChI is InChI=1S/C17H15FN2O2.ClH/c1-22-17(21)16(20)8-11-2-4-12(5-3-11)13-6-7-14(10-19)15(18)9-13;/h2-7,9,16H,8,20H2,1H3;1H.